The fourth-order valence-corrected chi connectivity index (χ4v) is 4.25. The zero-order valence-corrected chi connectivity index (χ0v) is 18.4. The lowest BCUT2D eigenvalue weighted by molar-refractivity contribution is 0.311. The number of nitrogens with zero attached hydrogens (tertiary/aromatic N) is 4. The van der Waals surface area contributed by atoms with Crippen molar-refractivity contribution in [2.45, 2.75) is 0 Å². The number of rotatable bonds is 5. The van der Waals surface area contributed by atoms with Gasteiger partial charge in [0.25, 0.3) is 0 Å². The Morgan fingerprint density at radius 1 is 1.06 bits per heavy atom. The Morgan fingerprint density at radius 3 is 2.78 bits per heavy atom. The Hall–Kier alpha value is -3.79. The highest BCUT2D eigenvalue weighted by Crippen LogP contribution is 2.34. The van der Waals surface area contributed by atoms with E-state index in [1.54, 1.807) is 28.9 Å². The minimum Gasteiger partial charge on any atom is -0.490 e. The summed E-state index contributed by atoms with van der Waals surface area (Å²) in [7, 11) is -1.33. The highest BCUT2D eigenvalue weighted by Gasteiger charge is 2.16. The van der Waals surface area contributed by atoms with E-state index >= 15 is 0 Å². The molecule has 0 fully saturated rings. The first-order valence-electron chi connectivity index (χ1n) is 10.0. The largest absolute Gasteiger partial charge is 0.490 e. The van der Waals surface area contributed by atoms with Gasteiger partial charge < -0.3 is 15.0 Å². The Balaban J connectivity index is 1.47. The third-order valence-electron chi connectivity index (χ3n) is 5.17. The van der Waals surface area contributed by atoms with Crippen LogP contribution in [0.15, 0.2) is 60.8 Å². The maximum atomic E-state index is 11.6. The van der Waals surface area contributed by atoms with Crippen molar-refractivity contribution in [2.24, 2.45) is 0 Å². The summed E-state index contributed by atoms with van der Waals surface area (Å²) in [4.78, 5) is 6.58. The molecule has 0 unspecified atom stereocenters. The maximum absolute atomic E-state index is 11.6. The van der Waals surface area contributed by atoms with Gasteiger partial charge in [0.2, 0.25) is 16.0 Å². The fraction of sp³-hybridized carbons (Fsp3) is 0.182. The third kappa shape index (κ3) is 4.04. The summed E-state index contributed by atoms with van der Waals surface area (Å²) >= 11 is 0. The molecule has 0 saturated heterocycles. The highest BCUT2D eigenvalue weighted by molar-refractivity contribution is 7.92. The molecule has 3 heterocycles. The molecule has 10 heteroatoms. The zero-order chi connectivity index (χ0) is 22.3. The number of anilines is 4. The van der Waals surface area contributed by atoms with Gasteiger partial charge >= 0.3 is 0 Å². The number of likely N-dealkylation sites (N-methyl/N-ethyl adjacent to an activating group) is 1. The van der Waals surface area contributed by atoms with Gasteiger partial charge in [0.05, 0.1) is 35.9 Å². The number of hydrogen-bond donors (Lipinski definition) is 2. The van der Waals surface area contributed by atoms with Crippen LogP contribution in [-0.2, 0) is 10.0 Å². The van der Waals surface area contributed by atoms with Gasteiger partial charge in [0.15, 0.2) is 0 Å². The van der Waals surface area contributed by atoms with E-state index in [4.69, 9.17) is 4.74 Å². The van der Waals surface area contributed by atoms with Gasteiger partial charge in [0, 0.05) is 24.0 Å². The number of aromatic nitrogens is 3. The van der Waals surface area contributed by atoms with E-state index in [0.717, 1.165) is 46.7 Å². The number of nitrogens with one attached hydrogen (secondary N) is 2. The highest BCUT2D eigenvalue weighted by atomic mass is 32.2. The van der Waals surface area contributed by atoms with Gasteiger partial charge in [-0.1, -0.05) is 12.1 Å². The first kappa shape index (κ1) is 20.1. The second-order valence-electron chi connectivity index (χ2n) is 7.67. The number of ether oxygens (including phenoxy) is 1. The second-order valence-corrected chi connectivity index (χ2v) is 9.42. The van der Waals surface area contributed by atoms with E-state index in [9.17, 15) is 8.42 Å². The Kier molecular flexibility index (Phi) is 4.86. The van der Waals surface area contributed by atoms with Crippen molar-refractivity contribution in [1.82, 2.24) is 14.6 Å². The molecular formula is C22H22N6O3S. The van der Waals surface area contributed by atoms with Gasteiger partial charge in [-0.3, -0.25) is 4.72 Å². The van der Waals surface area contributed by atoms with Crippen molar-refractivity contribution in [3.05, 3.63) is 60.8 Å². The van der Waals surface area contributed by atoms with Gasteiger partial charge in [-0.15, -0.1) is 5.10 Å². The standard InChI is InChI=1S/C22H22N6O3S/c1-27-10-11-31-21-9-6-16(13-20(21)27)24-22-23-14-18-7-8-19(28(18)25-22)15-4-3-5-17(12-15)26-32(2,29)30/h3-9,12-14,26H,10-11H2,1-2H3,(H,24,25). The average molecular weight is 451 g/mol. The van der Waals surface area contributed by atoms with Crippen molar-refractivity contribution in [3.63, 3.8) is 0 Å². The smallest absolute Gasteiger partial charge is 0.245 e. The minimum absolute atomic E-state index is 0.444. The lowest BCUT2D eigenvalue weighted by Gasteiger charge is -2.28. The fourth-order valence-electron chi connectivity index (χ4n) is 3.69. The van der Waals surface area contributed by atoms with Crippen LogP contribution in [0, 0.1) is 0 Å². The molecule has 2 aromatic carbocycles. The van der Waals surface area contributed by atoms with Crippen molar-refractivity contribution >= 4 is 38.6 Å². The van der Waals surface area contributed by atoms with Crippen molar-refractivity contribution in [3.8, 4) is 17.0 Å². The van der Waals surface area contributed by atoms with Crippen LogP contribution in [-0.4, -0.2) is 49.5 Å². The van der Waals surface area contributed by atoms with Crippen LogP contribution < -0.4 is 19.7 Å². The molecular weight excluding hydrogens is 428 g/mol. The van der Waals surface area contributed by atoms with Crippen LogP contribution in [0.2, 0.25) is 0 Å². The predicted molar refractivity (Wildman–Crippen MR) is 125 cm³/mol. The summed E-state index contributed by atoms with van der Waals surface area (Å²) in [5, 5.41) is 7.91. The van der Waals surface area contributed by atoms with E-state index in [0.29, 0.717) is 18.2 Å². The molecule has 1 aliphatic rings. The number of sulfonamides is 1. The summed E-state index contributed by atoms with van der Waals surface area (Å²) in [6.07, 6.45) is 2.87. The quantitative estimate of drug-likeness (QED) is 0.481. The maximum Gasteiger partial charge on any atom is 0.245 e. The molecule has 0 radical (unpaired) electrons. The lowest BCUT2D eigenvalue weighted by Crippen LogP contribution is -2.28. The zero-order valence-electron chi connectivity index (χ0n) is 17.6. The predicted octanol–water partition coefficient (Wildman–Crippen LogP) is 3.34. The Labute approximate surface area is 185 Å². The van der Waals surface area contributed by atoms with E-state index in [1.807, 2.05) is 43.4 Å². The van der Waals surface area contributed by atoms with E-state index in [2.05, 4.69) is 25.0 Å². The van der Waals surface area contributed by atoms with Crippen molar-refractivity contribution in [1.29, 1.82) is 0 Å². The molecule has 5 rings (SSSR count). The third-order valence-corrected chi connectivity index (χ3v) is 5.78. The Bertz CT molecular complexity index is 1420. The summed E-state index contributed by atoms with van der Waals surface area (Å²) in [5.41, 5.74) is 4.84. The molecule has 0 bridgehead atoms. The summed E-state index contributed by atoms with van der Waals surface area (Å²) in [6.45, 7) is 1.51. The van der Waals surface area contributed by atoms with Gasteiger partial charge in [0.1, 0.15) is 12.4 Å². The van der Waals surface area contributed by atoms with Crippen LogP contribution in [0.1, 0.15) is 0 Å². The van der Waals surface area contributed by atoms with Crippen molar-refractivity contribution < 1.29 is 13.2 Å². The van der Waals surface area contributed by atoms with Crippen LogP contribution >= 0.6 is 0 Å². The van der Waals surface area contributed by atoms with E-state index < -0.39 is 10.0 Å². The van der Waals surface area contributed by atoms with Crippen LogP contribution in [0.4, 0.5) is 23.0 Å². The van der Waals surface area contributed by atoms with Crippen molar-refractivity contribution in [2.75, 3.05) is 41.4 Å². The molecule has 164 valence electrons. The molecule has 0 aliphatic carbocycles. The normalized spacial score (nSPS) is 13.5. The number of benzene rings is 2. The molecule has 1 aliphatic heterocycles. The molecule has 9 nitrogen and oxygen atoms in total. The Morgan fingerprint density at radius 2 is 1.94 bits per heavy atom. The van der Waals surface area contributed by atoms with Crippen LogP contribution in [0.5, 0.6) is 5.75 Å². The number of fused-ring (bicyclic) bond motifs is 2. The topological polar surface area (TPSA) is 101 Å². The average Bonchev–Trinajstić information content (AvgIpc) is 3.17. The second kappa shape index (κ2) is 7.72. The number of hydrogen-bond acceptors (Lipinski definition) is 7. The molecule has 4 aromatic rings. The molecule has 2 N–H and O–H groups in total. The first-order valence-corrected chi connectivity index (χ1v) is 11.9. The molecule has 32 heavy (non-hydrogen) atoms. The van der Waals surface area contributed by atoms with Gasteiger partial charge in [-0.25, -0.2) is 17.9 Å². The van der Waals surface area contributed by atoms with E-state index in [-0.39, 0.29) is 0 Å². The molecule has 0 saturated carbocycles. The SMILES string of the molecule is CN1CCOc2ccc(Nc3ncc4ccc(-c5cccc(NS(C)(=O)=O)c5)n4n3)cc21. The molecule has 0 amide bonds. The lowest BCUT2D eigenvalue weighted by atomic mass is 10.1. The summed E-state index contributed by atoms with van der Waals surface area (Å²) in [6, 6.07) is 16.9. The monoisotopic (exact) mass is 450 g/mol. The molecule has 2 aromatic heterocycles. The molecule has 0 atom stereocenters. The van der Waals surface area contributed by atoms with Crippen LogP contribution in [0.25, 0.3) is 16.8 Å². The first-order chi connectivity index (χ1) is 15.4. The van der Waals surface area contributed by atoms with Gasteiger partial charge in [-0.2, -0.15) is 0 Å². The van der Waals surface area contributed by atoms with E-state index in [1.165, 1.54) is 0 Å². The van der Waals surface area contributed by atoms with Gasteiger partial charge in [-0.05, 0) is 42.5 Å². The minimum atomic E-state index is -3.36. The molecule has 0 spiro atoms. The summed E-state index contributed by atoms with van der Waals surface area (Å²) in [5.74, 6) is 1.30. The summed E-state index contributed by atoms with van der Waals surface area (Å²) < 4.78 is 33.2. The van der Waals surface area contributed by atoms with Crippen LogP contribution in [0.3, 0.4) is 0 Å².